The van der Waals surface area contributed by atoms with Gasteiger partial charge in [-0.25, -0.2) is 0 Å². The summed E-state index contributed by atoms with van der Waals surface area (Å²) in [5.74, 6) is 0.502. The monoisotopic (exact) mass is 257 g/mol. The van der Waals surface area contributed by atoms with Crippen molar-refractivity contribution in [2.24, 2.45) is 5.73 Å². The first-order valence-corrected chi connectivity index (χ1v) is 6.29. The van der Waals surface area contributed by atoms with Crippen LogP contribution in [0.25, 0.3) is 0 Å². The molecule has 4 nitrogen and oxygen atoms in total. The number of nitrogens with two attached hydrogens (primary N) is 1. The second-order valence-corrected chi connectivity index (χ2v) is 4.73. The lowest BCUT2D eigenvalue weighted by atomic mass is 10.00. The van der Waals surface area contributed by atoms with Gasteiger partial charge in [0.15, 0.2) is 0 Å². The summed E-state index contributed by atoms with van der Waals surface area (Å²) in [4.78, 5) is 0. The molecule has 0 aliphatic carbocycles. The first kappa shape index (κ1) is 13.5. The summed E-state index contributed by atoms with van der Waals surface area (Å²) in [7, 11) is 1.57. The zero-order valence-corrected chi connectivity index (χ0v) is 11.6. The summed E-state index contributed by atoms with van der Waals surface area (Å²) in [6, 6.07) is 9.89. The Bertz CT molecular complexity index is 552. The number of methoxy groups -OCH3 is 1. The number of hydrogen-bond donors (Lipinski definition) is 1. The van der Waals surface area contributed by atoms with Gasteiger partial charge in [0, 0.05) is 6.07 Å². The number of nitrogens with zero attached hydrogens (tertiary/aromatic N) is 2. The van der Waals surface area contributed by atoms with Gasteiger partial charge in [-0.05, 0) is 43.0 Å². The molecule has 2 N–H and O–H groups in total. The highest BCUT2D eigenvalue weighted by Crippen LogP contribution is 2.17. The molecule has 0 fully saturated rings. The molecule has 0 saturated carbocycles. The summed E-state index contributed by atoms with van der Waals surface area (Å²) in [6.45, 7) is 4.21. The molecule has 100 valence electrons. The van der Waals surface area contributed by atoms with Crippen LogP contribution in [-0.4, -0.2) is 17.3 Å². The maximum absolute atomic E-state index is 6.16. The van der Waals surface area contributed by atoms with Crippen LogP contribution >= 0.6 is 0 Å². The van der Waals surface area contributed by atoms with Crippen molar-refractivity contribution in [2.45, 2.75) is 26.3 Å². The highest BCUT2D eigenvalue weighted by atomic mass is 16.5. The lowest BCUT2D eigenvalue weighted by Gasteiger charge is -2.12. The molecule has 0 spiro atoms. The fourth-order valence-electron chi connectivity index (χ4n) is 1.93. The molecule has 1 atom stereocenters. The van der Waals surface area contributed by atoms with E-state index in [2.05, 4.69) is 42.2 Å². The summed E-state index contributed by atoms with van der Waals surface area (Å²) in [6.07, 6.45) is 0.752. The fraction of sp³-hybridized carbons (Fsp3) is 0.333. The topological polar surface area (TPSA) is 61.0 Å². The van der Waals surface area contributed by atoms with Gasteiger partial charge in [0.2, 0.25) is 5.88 Å². The molecule has 19 heavy (non-hydrogen) atoms. The van der Waals surface area contributed by atoms with Gasteiger partial charge < -0.3 is 10.5 Å². The van der Waals surface area contributed by atoms with E-state index in [0.29, 0.717) is 5.88 Å². The Morgan fingerprint density at radius 3 is 2.47 bits per heavy atom. The van der Waals surface area contributed by atoms with Gasteiger partial charge >= 0.3 is 0 Å². The van der Waals surface area contributed by atoms with Crippen LogP contribution in [0.5, 0.6) is 5.88 Å². The fourth-order valence-corrected chi connectivity index (χ4v) is 1.93. The molecule has 0 aliphatic heterocycles. The van der Waals surface area contributed by atoms with Crippen molar-refractivity contribution in [1.29, 1.82) is 0 Å². The summed E-state index contributed by atoms with van der Waals surface area (Å²) in [5.41, 5.74) is 10.7. The van der Waals surface area contributed by atoms with Gasteiger partial charge in [0.05, 0.1) is 18.8 Å². The number of rotatable bonds is 4. The Labute approximate surface area is 113 Å². The quantitative estimate of drug-likeness (QED) is 0.913. The molecule has 1 unspecified atom stereocenters. The standard InChI is InChI=1S/C15H19N3O/c1-10-4-5-12(8-11(10)2)9-13(16)14-6-7-15(19-3)18-17-14/h4-8,13H,9,16H2,1-3H3. The number of benzene rings is 1. The van der Waals surface area contributed by atoms with Gasteiger partial charge in [-0.2, -0.15) is 5.10 Å². The molecule has 4 heteroatoms. The van der Waals surface area contributed by atoms with Crippen LogP contribution in [0.3, 0.4) is 0 Å². The number of aromatic nitrogens is 2. The average molecular weight is 257 g/mol. The molecule has 0 saturated heterocycles. The molecule has 0 aliphatic rings. The third-order valence-corrected chi connectivity index (χ3v) is 3.28. The van der Waals surface area contributed by atoms with Crippen molar-refractivity contribution in [2.75, 3.05) is 7.11 Å². The lowest BCUT2D eigenvalue weighted by molar-refractivity contribution is 0.390. The van der Waals surface area contributed by atoms with Crippen molar-refractivity contribution >= 4 is 0 Å². The molecule has 0 bridgehead atoms. The maximum atomic E-state index is 6.16. The molecule has 1 aromatic carbocycles. The van der Waals surface area contributed by atoms with Gasteiger partial charge in [-0.1, -0.05) is 18.2 Å². The molecule has 1 heterocycles. The first-order valence-electron chi connectivity index (χ1n) is 6.29. The highest BCUT2D eigenvalue weighted by Gasteiger charge is 2.10. The average Bonchev–Trinajstić information content (AvgIpc) is 2.43. The van der Waals surface area contributed by atoms with Gasteiger partial charge in [0.1, 0.15) is 0 Å². The van der Waals surface area contributed by atoms with Crippen LogP contribution in [0, 0.1) is 13.8 Å². The van der Waals surface area contributed by atoms with E-state index in [-0.39, 0.29) is 6.04 Å². The Balaban J connectivity index is 2.10. The zero-order chi connectivity index (χ0) is 13.8. The van der Waals surface area contributed by atoms with Crippen LogP contribution in [0.2, 0.25) is 0 Å². The van der Waals surface area contributed by atoms with Crippen molar-refractivity contribution in [1.82, 2.24) is 10.2 Å². The van der Waals surface area contributed by atoms with Crippen LogP contribution in [0.1, 0.15) is 28.4 Å². The first-order chi connectivity index (χ1) is 9.10. The van der Waals surface area contributed by atoms with E-state index in [1.807, 2.05) is 6.07 Å². The molecule has 0 radical (unpaired) electrons. The molecular formula is C15H19N3O. The van der Waals surface area contributed by atoms with E-state index >= 15 is 0 Å². The molecule has 1 aromatic heterocycles. The second-order valence-electron chi connectivity index (χ2n) is 4.73. The van der Waals surface area contributed by atoms with Gasteiger partial charge in [0.25, 0.3) is 0 Å². The molecule has 2 rings (SSSR count). The van der Waals surface area contributed by atoms with Crippen LogP contribution in [0.15, 0.2) is 30.3 Å². The van der Waals surface area contributed by atoms with Crippen molar-refractivity contribution < 1.29 is 4.74 Å². The van der Waals surface area contributed by atoms with Crippen molar-refractivity contribution in [3.8, 4) is 5.88 Å². The number of aryl methyl sites for hydroxylation is 2. The van der Waals surface area contributed by atoms with E-state index < -0.39 is 0 Å². The predicted molar refractivity (Wildman–Crippen MR) is 75.1 cm³/mol. The Morgan fingerprint density at radius 2 is 1.89 bits per heavy atom. The molecule has 2 aromatic rings. The van der Waals surface area contributed by atoms with Crippen LogP contribution < -0.4 is 10.5 Å². The number of hydrogen-bond acceptors (Lipinski definition) is 4. The van der Waals surface area contributed by atoms with E-state index in [1.54, 1.807) is 13.2 Å². The van der Waals surface area contributed by atoms with E-state index in [4.69, 9.17) is 10.5 Å². The predicted octanol–water partition coefficient (Wildman–Crippen LogP) is 2.34. The summed E-state index contributed by atoms with van der Waals surface area (Å²) >= 11 is 0. The molecular weight excluding hydrogens is 238 g/mol. The van der Waals surface area contributed by atoms with Crippen molar-refractivity contribution in [3.05, 3.63) is 52.7 Å². The van der Waals surface area contributed by atoms with E-state index in [9.17, 15) is 0 Å². The highest BCUT2D eigenvalue weighted by molar-refractivity contribution is 5.31. The van der Waals surface area contributed by atoms with Gasteiger partial charge in [-0.15, -0.1) is 5.10 Å². The smallest absolute Gasteiger partial charge is 0.233 e. The lowest BCUT2D eigenvalue weighted by Crippen LogP contribution is -2.15. The Kier molecular flexibility index (Phi) is 4.12. The van der Waals surface area contributed by atoms with Crippen LogP contribution in [-0.2, 0) is 6.42 Å². The van der Waals surface area contributed by atoms with E-state index in [0.717, 1.165) is 12.1 Å². The largest absolute Gasteiger partial charge is 0.480 e. The SMILES string of the molecule is COc1ccc(C(N)Cc2ccc(C)c(C)c2)nn1. The second kappa shape index (κ2) is 5.80. The van der Waals surface area contributed by atoms with E-state index in [1.165, 1.54) is 16.7 Å². The maximum Gasteiger partial charge on any atom is 0.233 e. The normalized spacial score (nSPS) is 12.2. The number of ether oxygens (including phenoxy) is 1. The Hall–Kier alpha value is -1.94. The van der Waals surface area contributed by atoms with Gasteiger partial charge in [-0.3, -0.25) is 0 Å². The summed E-state index contributed by atoms with van der Waals surface area (Å²) in [5, 5.41) is 8.02. The third kappa shape index (κ3) is 3.29. The third-order valence-electron chi connectivity index (χ3n) is 3.28. The summed E-state index contributed by atoms with van der Waals surface area (Å²) < 4.78 is 4.98. The minimum absolute atomic E-state index is 0.152. The Morgan fingerprint density at radius 1 is 1.11 bits per heavy atom. The zero-order valence-electron chi connectivity index (χ0n) is 11.6. The minimum atomic E-state index is -0.152. The van der Waals surface area contributed by atoms with Crippen molar-refractivity contribution in [3.63, 3.8) is 0 Å². The van der Waals surface area contributed by atoms with Crippen LogP contribution in [0.4, 0.5) is 0 Å². The molecule has 0 amide bonds. The minimum Gasteiger partial charge on any atom is -0.480 e.